The van der Waals surface area contributed by atoms with Crippen molar-refractivity contribution in [2.45, 2.75) is 31.6 Å². The first-order chi connectivity index (χ1) is 16.6. The van der Waals surface area contributed by atoms with Crippen molar-refractivity contribution in [1.29, 1.82) is 0 Å². The largest absolute Gasteiger partial charge is 0.462 e. The summed E-state index contributed by atoms with van der Waals surface area (Å²) >= 11 is 1.21. The number of nitrogens with zero attached hydrogens (tertiary/aromatic N) is 2. The quantitative estimate of drug-likeness (QED) is 0.147. The van der Waals surface area contributed by atoms with E-state index in [1.165, 1.54) is 38.1 Å². The smallest absolute Gasteiger partial charge is 0.404 e. The summed E-state index contributed by atoms with van der Waals surface area (Å²) in [6, 6.07) is 2.03. The van der Waals surface area contributed by atoms with Crippen molar-refractivity contribution in [1.82, 2.24) is 10.2 Å². The average molecular weight is 510 g/mol. The normalized spacial score (nSPS) is 20.3. The average Bonchev–Trinajstić information content (AvgIpc) is 3.32. The van der Waals surface area contributed by atoms with Gasteiger partial charge >= 0.3 is 18.0 Å². The molecular formula is C20H22N4O10S. The van der Waals surface area contributed by atoms with E-state index in [1.807, 2.05) is 0 Å². The summed E-state index contributed by atoms with van der Waals surface area (Å²) in [5.74, 6) is -2.75. The zero-order valence-electron chi connectivity index (χ0n) is 18.8. The van der Waals surface area contributed by atoms with Gasteiger partial charge in [0.25, 0.3) is 11.8 Å². The lowest BCUT2D eigenvalue weighted by molar-refractivity contribution is -0.182. The fourth-order valence-electron chi connectivity index (χ4n) is 3.32. The molecule has 0 aliphatic carbocycles. The Morgan fingerprint density at radius 3 is 2.69 bits per heavy atom. The Labute approximate surface area is 202 Å². The second-order valence-corrected chi connectivity index (χ2v) is 8.21. The molecule has 0 saturated carbocycles. The lowest BCUT2D eigenvalue weighted by atomic mass is 10.0. The SMILES string of the molecule is CON=C(C(=O)NC1C(=O)N2C(C(=O)OC(C)OC(C)=O)=C(COC(N)=O)CSC12)c1ccco1. The van der Waals surface area contributed by atoms with Crippen molar-refractivity contribution < 1.29 is 47.4 Å². The van der Waals surface area contributed by atoms with Gasteiger partial charge in [0.15, 0.2) is 5.76 Å². The summed E-state index contributed by atoms with van der Waals surface area (Å²) in [5.41, 5.74) is 4.89. The van der Waals surface area contributed by atoms with Gasteiger partial charge in [-0.2, -0.15) is 0 Å². The third-order valence-corrected chi connectivity index (χ3v) is 6.01. The minimum Gasteiger partial charge on any atom is -0.462 e. The molecule has 35 heavy (non-hydrogen) atoms. The molecule has 3 N–H and O–H groups in total. The second-order valence-electron chi connectivity index (χ2n) is 7.10. The monoisotopic (exact) mass is 510 g/mol. The Balaban J connectivity index is 1.80. The number of nitrogens with two attached hydrogens (primary N) is 1. The number of hydrogen-bond acceptors (Lipinski definition) is 12. The Morgan fingerprint density at radius 1 is 1.34 bits per heavy atom. The number of oxime groups is 1. The molecule has 2 aliphatic rings. The molecule has 0 spiro atoms. The number of ether oxygens (including phenoxy) is 3. The maximum atomic E-state index is 13.0. The van der Waals surface area contributed by atoms with Gasteiger partial charge in [0.05, 0.1) is 6.26 Å². The molecule has 3 heterocycles. The number of esters is 2. The van der Waals surface area contributed by atoms with Gasteiger partial charge in [0.1, 0.15) is 30.8 Å². The van der Waals surface area contributed by atoms with Crippen molar-refractivity contribution in [3.05, 3.63) is 35.4 Å². The highest BCUT2D eigenvalue weighted by Crippen LogP contribution is 2.41. The number of primary amides is 1. The molecule has 15 heteroatoms. The zero-order chi connectivity index (χ0) is 25.7. The van der Waals surface area contributed by atoms with Crippen molar-refractivity contribution >= 4 is 47.3 Å². The van der Waals surface area contributed by atoms with Gasteiger partial charge in [0, 0.05) is 25.2 Å². The van der Waals surface area contributed by atoms with E-state index in [1.54, 1.807) is 6.07 Å². The van der Waals surface area contributed by atoms with E-state index in [4.69, 9.17) is 29.2 Å². The fourth-order valence-corrected chi connectivity index (χ4v) is 4.65. The van der Waals surface area contributed by atoms with Gasteiger partial charge in [0.2, 0.25) is 12.0 Å². The first-order valence-corrected chi connectivity index (χ1v) is 11.1. The van der Waals surface area contributed by atoms with Crippen molar-refractivity contribution in [2.75, 3.05) is 19.5 Å². The van der Waals surface area contributed by atoms with Crippen molar-refractivity contribution in [3.8, 4) is 0 Å². The van der Waals surface area contributed by atoms with Crippen LogP contribution < -0.4 is 11.1 Å². The Hall–Kier alpha value is -4.01. The first kappa shape index (κ1) is 25.6. The number of furan rings is 1. The van der Waals surface area contributed by atoms with E-state index in [-0.39, 0.29) is 35.1 Å². The van der Waals surface area contributed by atoms with Crippen LogP contribution in [0.1, 0.15) is 19.6 Å². The number of carbonyl (C=O) groups is 5. The molecule has 3 unspecified atom stereocenters. The third kappa shape index (κ3) is 5.74. The molecule has 0 radical (unpaired) electrons. The van der Waals surface area contributed by atoms with Crippen LogP contribution in [0.25, 0.3) is 0 Å². The topological polar surface area (TPSA) is 189 Å². The Kier molecular flexibility index (Phi) is 8.01. The highest BCUT2D eigenvalue weighted by molar-refractivity contribution is 8.00. The van der Waals surface area contributed by atoms with E-state index in [0.717, 1.165) is 11.8 Å². The summed E-state index contributed by atoms with van der Waals surface area (Å²) in [6.45, 7) is 2.09. The highest BCUT2D eigenvalue weighted by atomic mass is 32.2. The minimum atomic E-state index is -1.24. The van der Waals surface area contributed by atoms with E-state index < -0.39 is 47.6 Å². The number of thioether (sulfide) groups is 1. The maximum Gasteiger partial charge on any atom is 0.404 e. The number of rotatable bonds is 9. The van der Waals surface area contributed by atoms with Crippen molar-refractivity contribution in [2.24, 2.45) is 10.9 Å². The minimum absolute atomic E-state index is 0.124. The molecular weight excluding hydrogens is 488 g/mol. The molecule has 1 aromatic rings. The number of amides is 3. The molecule has 1 saturated heterocycles. The molecule has 0 aromatic carbocycles. The molecule has 1 fully saturated rings. The zero-order valence-corrected chi connectivity index (χ0v) is 19.7. The van der Waals surface area contributed by atoms with Crippen molar-refractivity contribution in [3.63, 3.8) is 0 Å². The van der Waals surface area contributed by atoms with Crippen LogP contribution in [0.2, 0.25) is 0 Å². The molecule has 3 atom stereocenters. The summed E-state index contributed by atoms with van der Waals surface area (Å²) in [5, 5.41) is 5.53. The Bertz CT molecular complexity index is 1080. The molecule has 2 aliphatic heterocycles. The van der Waals surface area contributed by atoms with Crippen LogP contribution in [0.3, 0.4) is 0 Å². The summed E-state index contributed by atoms with van der Waals surface area (Å²) < 4.78 is 19.9. The van der Waals surface area contributed by atoms with E-state index >= 15 is 0 Å². The van der Waals surface area contributed by atoms with Crippen LogP contribution in [0.5, 0.6) is 0 Å². The van der Waals surface area contributed by atoms with Crippen LogP contribution >= 0.6 is 11.8 Å². The van der Waals surface area contributed by atoms with Crippen LogP contribution in [0.15, 0.2) is 39.2 Å². The lowest BCUT2D eigenvalue weighted by Gasteiger charge is -2.49. The number of β-lactam (4-membered cyclic amide) rings is 1. The van der Waals surface area contributed by atoms with Gasteiger partial charge < -0.3 is 34.5 Å². The van der Waals surface area contributed by atoms with Crippen LogP contribution in [0.4, 0.5) is 4.79 Å². The Morgan fingerprint density at radius 2 is 2.09 bits per heavy atom. The predicted octanol–water partition coefficient (Wildman–Crippen LogP) is -0.168. The lowest BCUT2D eigenvalue weighted by Crippen LogP contribution is -2.71. The molecule has 188 valence electrons. The summed E-state index contributed by atoms with van der Waals surface area (Å²) in [7, 11) is 1.25. The van der Waals surface area contributed by atoms with Gasteiger partial charge in [-0.15, -0.1) is 11.8 Å². The summed E-state index contributed by atoms with van der Waals surface area (Å²) in [4.78, 5) is 66.7. The number of carbonyl (C=O) groups excluding carboxylic acids is 5. The standard InChI is InChI=1S/C20H22N4O10S/c1-9(25)33-10(2)34-19(28)15-11(7-32-20(21)29)8-35-18-14(17(27)24(15)18)22-16(26)13(23-30-3)12-5-4-6-31-12/h4-6,10,14,18H,7-8H2,1-3H3,(H2,21,29)(H,22,26). The maximum absolute atomic E-state index is 13.0. The molecule has 3 rings (SSSR count). The van der Waals surface area contributed by atoms with E-state index in [9.17, 15) is 24.0 Å². The molecule has 3 amide bonds. The molecule has 0 bridgehead atoms. The van der Waals surface area contributed by atoms with Gasteiger partial charge in [-0.25, -0.2) is 9.59 Å². The molecule has 1 aromatic heterocycles. The van der Waals surface area contributed by atoms with Crippen LogP contribution in [0, 0.1) is 0 Å². The van der Waals surface area contributed by atoms with E-state index in [0.29, 0.717) is 0 Å². The van der Waals surface area contributed by atoms with Crippen LogP contribution in [-0.4, -0.2) is 77.6 Å². The van der Waals surface area contributed by atoms with Gasteiger partial charge in [-0.3, -0.25) is 19.3 Å². The van der Waals surface area contributed by atoms with Crippen LogP contribution in [-0.2, 0) is 38.2 Å². The number of fused-ring (bicyclic) bond motifs is 1. The second kappa shape index (κ2) is 10.9. The summed E-state index contributed by atoms with van der Waals surface area (Å²) in [6.07, 6.45) is -0.976. The highest BCUT2D eigenvalue weighted by Gasteiger charge is 2.55. The first-order valence-electron chi connectivity index (χ1n) is 10.1. The van der Waals surface area contributed by atoms with Gasteiger partial charge in [-0.05, 0) is 12.1 Å². The number of nitrogens with one attached hydrogen (secondary N) is 1. The third-order valence-electron chi connectivity index (χ3n) is 4.67. The van der Waals surface area contributed by atoms with E-state index in [2.05, 4.69) is 10.5 Å². The number of hydrogen-bond donors (Lipinski definition) is 2. The molecule has 14 nitrogen and oxygen atoms in total. The fraction of sp³-hybridized carbons (Fsp3) is 0.400. The van der Waals surface area contributed by atoms with Gasteiger partial charge in [-0.1, -0.05) is 5.16 Å². The predicted molar refractivity (Wildman–Crippen MR) is 117 cm³/mol.